The third-order valence-corrected chi connectivity index (χ3v) is 14.4. The molecule has 0 aliphatic rings. The van der Waals surface area contributed by atoms with Gasteiger partial charge in [-0.25, -0.2) is 0 Å². The number of aliphatic hydroxyl groups is 2. The number of allylic oxidation sites excluding steroid dienone is 5. The topological polar surface area (TPSA) is 69.6 Å². The minimum absolute atomic E-state index is 0.0711. The van der Waals surface area contributed by atoms with E-state index in [-0.39, 0.29) is 12.5 Å². The van der Waals surface area contributed by atoms with Crippen LogP contribution in [0.2, 0.25) is 0 Å². The Morgan fingerprint density at radius 3 is 0.866 bits per heavy atom. The second kappa shape index (κ2) is 58.9. The van der Waals surface area contributed by atoms with Crippen molar-refractivity contribution in [3.05, 3.63) is 36.5 Å². The van der Waals surface area contributed by atoms with Gasteiger partial charge in [0.1, 0.15) is 0 Å². The Balaban J connectivity index is 3.45. The van der Waals surface area contributed by atoms with Crippen LogP contribution in [0.25, 0.3) is 0 Å². The summed E-state index contributed by atoms with van der Waals surface area (Å²) < 4.78 is 0. The van der Waals surface area contributed by atoms with Crippen molar-refractivity contribution in [1.29, 1.82) is 0 Å². The minimum Gasteiger partial charge on any atom is -0.394 e. The highest BCUT2D eigenvalue weighted by molar-refractivity contribution is 5.76. The zero-order valence-electron chi connectivity index (χ0n) is 45.7. The Morgan fingerprint density at radius 2 is 0.582 bits per heavy atom. The lowest BCUT2D eigenvalue weighted by molar-refractivity contribution is -0.123. The maximum atomic E-state index is 12.5. The molecule has 0 heterocycles. The highest BCUT2D eigenvalue weighted by Gasteiger charge is 2.18. The van der Waals surface area contributed by atoms with Crippen molar-refractivity contribution in [2.45, 2.75) is 353 Å². The molecule has 0 saturated carbocycles. The molecule has 0 aromatic rings. The van der Waals surface area contributed by atoms with Crippen molar-refractivity contribution in [2.24, 2.45) is 0 Å². The monoisotopic (exact) mass is 940 g/mol. The van der Waals surface area contributed by atoms with Gasteiger partial charge in [0.15, 0.2) is 0 Å². The van der Waals surface area contributed by atoms with Crippen LogP contribution in [0.4, 0.5) is 0 Å². The van der Waals surface area contributed by atoms with E-state index < -0.39 is 12.1 Å². The van der Waals surface area contributed by atoms with Crippen LogP contribution in [0.1, 0.15) is 341 Å². The fourth-order valence-corrected chi connectivity index (χ4v) is 9.69. The molecule has 1 amide bonds. The summed E-state index contributed by atoms with van der Waals surface area (Å²) in [6.45, 7) is 4.33. The lowest BCUT2D eigenvalue weighted by Gasteiger charge is -2.19. The number of carbonyl (C=O) groups is 1. The van der Waals surface area contributed by atoms with Gasteiger partial charge in [-0.2, -0.15) is 0 Å². The molecule has 2 unspecified atom stereocenters. The van der Waals surface area contributed by atoms with Crippen LogP contribution in [0, 0.1) is 0 Å². The van der Waals surface area contributed by atoms with Gasteiger partial charge in [0, 0.05) is 6.42 Å². The third-order valence-electron chi connectivity index (χ3n) is 14.4. The molecule has 67 heavy (non-hydrogen) atoms. The summed E-state index contributed by atoms with van der Waals surface area (Å²) >= 11 is 0. The highest BCUT2D eigenvalue weighted by atomic mass is 16.3. The lowest BCUT2D eigenvalue weighted by Crippen LogP contribution is -2.45. The molecule has 0 fully saturated rings. The fourth-order valence-electron chi connectivity index (χ4n) is 9.69. The predicted molar refractivity (Wildman–Crippen MR) is 299 cm³/mol. The Kier molecular flexibility index (Phi) is 57.7. The van der Waals surface area contributed by atoms with Crippen molar-refractivity contribution < 1.29 is 15.0 Å². The van der Waals surface area contributed by atoms with Crippen molar-refractivity contribution >= 4 is 5.91 Å². The summed E-state index contributed by atoms with van der Waals surface area (Å²) in [6, 6.07) is -0.644. The quantitative estimate of drug-likeness (QED) is 0.0420. The zero-order chi connectivity index (χ0) is 48.5. The van der Waals surface area contributed by atoms with Gasteiger partial charge >= 0.3 is 0 Å². The van der Waals surface area contributed by atoms with Crippen LogP contribution in [-0.2, 0) is 4.79 Å². The number of rotatable bonds is 57. The van der Waals surface area contributed by atoms with Crippen LogP contribution in [0.5, 0.6) is 0 Å². The fraction of sp³-hybridized carbons (Fsp3) is 0.889. The first-order chi connectivity index (χ1) is 33.2. The summed E-state index contributed by atoms with van der Waals surface area (Å²) in [4.78, 5) is 12.5. The van der Waals surface area contributed by atoms with E-state index in [0.29, 0.717) is 6.42 Å². The molecule has 0 saturated heterocycles. The molecule has 0 aliphatic carbocycles. The van der Waals surface area contributed by atoms with E-state index in [2.05, 4.69) is 43.5 Å². The van der Waals surface area contributed by atoms with E-state index in [1.54, 1.807) is 6.08 Å². The second-order valence-corrected chi connectivity index (χ2v) is 21.1. The molecule has 0 spiro atoms. The van der Waals surface area contributed by atoms with E-state index in [1.807, 2.05) is 6.08 Å². The number of hydrogen-bond donors (Lipinski definition) is 3. The van der Waals surface area contributed by atoms with Gasteiger partial charge in [0.25, 0.3) is 0 Å². The first kappa shape index (κ1) is 65.6. The molecule has 3 N–H and O–H groups in total. The van der Waals surface area contributed by atoms with Crippen LogP contribution < -0.4 is 5.32 Å². The third kappa shape index (κ3) is 55.4. The predicted octanol–water partition coefficient (Wildman–Crippen LogP) is 20.4. The van der Waals surface area contributed by atoms with Gasteiger partial charge in [-0.15, -0.1) is 0 Å². The molecule has 0 aromatic carbocycles. The van der Waals surface area contributed by atoms with Crippen LogP contribution in [-0.4, -0.2) is 34.9 Å². The smallest absolute Gasteiger partial charge is 0.220 e. The van der Waals surface area contributed by atoms with Gasteiger partial charge < -0.3 is 15.5 Å². The van der Waals surface area contributed by atoms with Crippen molar-refractivity contribution in [2.75, 3.05) is 6.61 Å². The van der Waals surface area contributed by atoms with Crippen molar-refractivity contribution in [3.63, 3.8) is 0 Å². The number of amides is 1. The summed E-state index contributed by atoms with van der Waals surface area (Å²) in [5.74, 6) is -0.0711. The first-order valence-corrected chi connectivity index (χ1v) is 30.7. The van der Waals surface area contributed by atoms with Gasteiger partial charge in [-0.3, -0.25) is 4.79 Å². The van der Waals surface area contributed by atoms with E-state index in [4.69, 9.17) is 0 Å². The minimum atomic E-state index is -0.869. The second-order valence-electron chi connectivity index (χ2n) is 21.1. The molecular formula is C63H121NO3. The summed E-state index contributed by atoms with van der Waals surface area (Å²) in [6.07, 6.45) is 80.6. The SMILES string of the molecule is CCCCCCCCCCCCC/C=C/CC/C=C/CC/C=C/C(O)C(CO)NC(=O)CCCCCCCCCCCCCCCCCCCCCCCCCCCCCCCCCCCC. The molecule has 4 heteroatoms. The number of aliphatic hydroxyl groups excluding tert-OH is 2. The lowest BCUT2D eigenvalue weighted by atomic mass is 10.0. The number of unbranched alkanes of at least 4 members (excludes halogenated alkanes) is 46. The molecule has 0 bridgehead atoms. The molecular weight excluding hydrogens is 819 g/mol. The molecule has 0 aliphatic heterocycles. The van der Waals surface area contributed by atoms with Gasteiger partial charge in [-0.1, -0.05) is 326 Å². The van der Waals surface area contributed by atoms with Crippen molar-refractivity contribution in [3.8, 4) is 0 Å². The molecule has 396 valence electrons. The average molecular weight is 941 g/mol. The largest absolute Gasteiger partial charge is 0.394 e. The Morgan fingerprint density at radius 1 is 0.343 bits per heavy atom. The summed E-state index contributed by atoms with van der Waals surface area (Å²) in [5, 5.41) is 23.2. The van der Waals surface area contributed by atoms with Crippen LogP contribution >= 0.6 is 0 Å². The Hall–Kier alpha value is -1.39. The molecule has 2 atom stereocenters. The van der Waals surface area contributed by atoms with Crippen LogP contribution in [0.3, 0.4) is 0 Å². The standard InChI is InChI=1S/C63H121NO3/c1-3-5-7-9-11-13-15-17-19-21-23-25-26-27-28-29-30-31-32-33-34-35-36-37-39-41-43-45-47-49-51-53-55-57-59-63(67)64-61(60-65)62(66)58-56-54-52-50-48-46-44-42-40-38-24-22-20-18-16-14-12-10-8-6-4-2/h40,42,48,50,56,58,61-62,65-66H,3-39,41,43-47,49,51-55,57,59-60H2,1-2H3,(H,64,67)/b42-40+,50-48+,58-56+. The maximum absolute atomic E-state index is 12.5. The Bertz CT molecular complexity index is 1020. The molecule has 4 nitrogen and oxygen atoms in total. The van der Waals surface area contributed by atoms with Crippen molar-refractivity contribution in [1.82, 2.24) is 5.32 Å². The van der Waals surface area contributed by atoms with Crippen LogP contribution in [0.15, 0.2) is 36.5 Å². The normalized spacial score (nSPS) is 13.0. The maximum Gasteiger partial charge on any atom is 0.220 e. The Labute approximate surface area is 421 Å². The molecule has 0 rings (SSSR count). The number of hydrogen-bond acceptors (Lipinski definition) is 3. The van der Waals surface area contributed by atoms with E-state index >= 15 is 0 Å². The van der Waals surface area contributed by atoms with E-state index in [0.717, 1.165) is 38.5 Å². The van der Waals surface area contributed by atoms with E-state index in [1.165, 1.54) is 283 Å². The van der Waals surface area contributed by atoms with Gasteiger partial charge in [-0.05, 0) is 44.9 Å². The average Bonchev–Trinajstić information content (AvgIpc) is 3.33. The summed E-state index contributed by atoms with van der Waals surface area (Å²) in [7, 11) is 0. The van der Waals surface area contributed by atoms with Gasteiger partial charge in [0.2, 0.25) is 5.91 Å². The van der Waals surface area contributed by atoms with Gasteiger partial charge in [0.05, 0.1) is 18.8 Å². The van der Waals surface area contributed by atoms with E-state index in [9.17, 15) is 15.0 Å². The molecule has 0 aromatic heterocycles. The number of nitrogens with one attached hydrogen (secondary N) is 1. The highest BCUT2D eigenvalue weighted by Crippen LogP contribution is 2.18. The zero-order valence-corrected chi connectivity index (χ0v) is 45.7. The first-order valence-electron chi connectivity index (χ1n) is 30.7. The molecule has 0 radical (unpaired) electrons. The summed E-state index contributed by atoms with van der Waals surface area (Å²) in [5.41, 5.74) is 0. The number of carbonyl (C=O) groups excluding carboxylic acids is 1.